The van der Waals surface area contributed by atoms with E-state index in [0.29, 0.717) is 32.7 Å². The van der Waals surface area contributed by atoms with Gasteiger partial charge in [0.25, 0.3) is 0 Å². The van der Waals surface area contributed by atoms with Crippen LogP contribution in [0.1, 0.15) is 40.5 Å². The number of hydrogen-bond donors (Lipinski definition) is 0. The third-order valence-corrected chi connectivity index (χ3v) is 3.41. The summed E-state index contributed by atoms with van der Waals surface area (Å²) in [7, 11) is 1.97. The van der Waals surface area contributed by atoms with E-state index in [2.05, 4.69) is 4.90 Å². The number of carbonyl (C=O) groups is 2. The van der Waals surface area contributed by atoms with Crippen LogP contribution in [0.3, 0.4) is 0 Å². The van der Waals surface area contributed by atoms with Gasteiger partial charge in [-0.2, -0.15) is 0 Å². The molecule has 1 saturated heterocycles. The predicted octanol–water partition coefficient (Wildman–Crippen LogP) is 1.88. The van der Waals surface area contributed by atoms with Gasteiger partial charge >= 0.3 is 12.1 Å². The largest absolute Gasteiger partial charge is 0.466 e. The van der Waals surface area contributed by atoms with Gasteiger partial charge in [-0.25, -0.2) is 4.79 Å². The predicted molar refractivity (Wildman–Crippen MR) is 80.1 cm³/mol. The molecule has 1 aliphatic rings. The van der Waals surface area contributed by atoms with Gasteiger partial charge in [0.15, 0.2) is 0 Å². The van der Waals surface area contributed by atoms with Gasteiger partial charge in [0.1, 0.15) is 5.60 Å². The molecule has 0 radical (unpaired) electrons. The normalized spacial score (nSPS) is 19.0. The number of hydrogen-bond acceptors (Lipinski definition) is 5. The van der Waals surface area contributed by atoms with Gasteiger partial charge in [-0.1, -0.05) is 0 Å². The van der Waals surface area contributed by atoms with Crippen molar-refractivity contribution >= 4 is 12.1 Å². The van der Waals surface area contributed by atoms with Crippen LogP contribution in [0, 0.1) is 0 Å². The average Bonchev–Trinajstić information content (AvgIpc) is 2.84. The summed E-state index contributed by atoms with van der Waals surface area (Å²) in [6, 6.07) is 0.270. The first-order chi connectivity index (χ1) is 9.73. The first-order valence-corrected chi connectivity index (χ1v) is 7.56. The molecule has 1 heterocycles. The van der Waals surface area contributed by atoms with Crippen molar-refractivity contribution in [1.82, 2.24) is 9.80 Å². The molecule has 122 valence electrons. The summed E-state index contributed by atoms with van der Waals surface area (Å²) in [5.41, 5.74) is -0.467. The second-order valence-corrected chi connectivity index (χ2v) is 6.40. The van der Waals surface area contributed by atoms with Crippen molar-refractivity contribution in [2.24, 2.45) is 0 Å². The zero-order valence-corrected chi connectivity index (χ0v) is 13.8. The number of ether oxygens (including phenoxy) is 2. The molecule has 0 aromatic heterocycles. The molecular weight excluding hydrogens is 272 g/mol. The van der Waals surface area contributed by atoms with Crippen LogP contribution in [0.15, 0.2) is 0 Å². The molecular formula is C15H28N2O4. The molecule has 6 heteroatoms. The molecule has 0 aromatic rings. The third-order valence-electron chi connectivity index (χ3n) is 3.41. The van der Waals surface area contributed by atoms with Crippen molar-refractivity contribution in [3.8, 4) is 0 Å². The van der Waals surface area contributed by atoms with Crippen LogP contribution < -0.4 is 0 Å². The molecule has 21 heavy (non-hydrogen) atoms. The standard InChI is InChI=1S/C15H28N2O4/c1-6-20-13(18)8-9-16(5)12-7-10-17(11-12)14(19)21-15(2,3)4/h12H,6-11H2,1-5H3. The van der Waals surface area contributed by atoms with E-state index in [1.165, 1.54) is 0 Å². The lowest BCUT2D eigenvalue weighted by Crippen LogP contribution is -2.39. The Labute approximate surface area is 127 Å². The van der Waals surface area contributed by atoms with Crippen LogP contribution >= 0.6 is 0 Å². The van der Waals surface area contributed by atoms with E-state index in [0.717, 1.165) is 6.42 Å². The molecule has 0 N–H and O–H groups in total. The van der Waals surface area contributed by atoms with Crippen molar-refractivity contribution in [3.63, 3.8) is 0 Å². The molecule has 1 rings (SSSR count). The Morgan fingerprint density at radius 2 is 2.00 bits per heavy atom. The minimum atomic E-state index is -0.467. The summed E-state index contributed by atoms with van der Waals surface area (Å²) in [6.45, 7) is 9.80. The highest BCUT2D eigenvalue weighted by atomic mass is 16.6. The van der Waals surface area contributed by atoms with Crippen LogP contribution in [0.4, 0.5) is 4.79 Å². The Bertz CT molecular complexity index is 365. The van der Waals surface area contributed by atoms with Gasteiger partial charge < -0.3 is 19.3 Å². The summed E-state index contributed by atoms with van der Waals surface area (Å²) >= 11 is 0. The van der Waals surface area contributed by atoms with E-state index in [1.54, 1.807) is 11.8 Å². The van der Waals surface area contributed by atoms with E-state index in [-0.39, 0.29) is 18.1 Å². The third kappa shape index (κ3) is 6.33. The maximum absolute atomic E-state index is 12.0. The lowest BCUT2D eigenvalue weighted by atomic mass is 10.2. The van der Waals surface area contributed by atoms with Gasteiger partial charge in [0.05, 0.1) is 13.0 Å². The number of esters is 1. The molecule has 0 spiro atoms. The van der Waals surface area contributed by atoms with Crippen molar-refractivity contribution in [1.29, 1.82) is 0 Å². The number of likely N-dealkylation sites (N-methyl/N-ethyl adjacent to an activating group) is 1. The molecule has 1 unspecified atom stereocenters. The highest BCUT2D eigenvalue weighted by Gasteiger charge is 2.31. The SMILES string of the molecule is CCOC(=O)CCN(C)C1CCN(C(=O)OC(C)(C)C)C1. The summed E-state index contributed by atoms with van der Waals surface area (Å²) in [5.74, 6) is -0.175. The smallest absolute Gasteiger partial charge is 0.410 e. The van der Waals surface area contributed by atoms with Crippen molar-refractivity contribution in [2.75, 3.05) is 33.3 Å². The lowest BCUT2D eigenvalue weighted by molar-refractivity contribution is -0.143. The zero-order valence-electron chi connectivity index (χ0n) is 13.8. The summed E-state index contributed by atoms with van der Waals surface area (Å²) < 4.78 is 10.3. The Balaban J connectivity index is 2.36. The molecule has 1 fully saturated rings. The van der Waals surface area contributed by atoms with Gasteiger partial charge in [0.2, 0.25) is 0 Å². The second-order valence-electron chi connectivity index (χ2n) is 6.40. The van der Waals surface area contributed by atoms with E-state index >= 15 is 0 Å². The topological polar surface area (TPSA) is 59.1 Å². The molecule has 0 aromatic carbocycles. The lowest BCUT2D eigenvalue weighted by Gasteiger charge is -2.26. The second kappa shape index (κ2) is 7.64. The van der Waals surface area contributed by atoms with Crippen LogP contribution in [0.25, 0.3) is 0 Å². The average molecular weight is 300 g/mol. The van der Waals surface area contributed by atoms with Crippen molar-refractivity contribution in [3.05, 3.63) is 0 Å². The van der Waals surface area contributed by atoms with Gasteiger partial charge in [-0.15, -0.1) is 0 Å². The highest BCUT2D eigenvalue weighted by Crippen LogP contribution is 2.18. The van der Waals surface area contributed by atoms with E-state index < -0.39 is 5.60 Å². The first kappa shape index (κ1) is 17.8. The zero-order chi connectivity index (χ0) is 16.0. The molecule has 0 bridgehead atoms. The minimum absolute atomic E-state index is 0.175. The van der Waals surface area contributed by atoms with E-state index in [9.17, 15) is 9.59 Å². The fourth-order valence-electron chi connectivity index (χ4n) is 2.28. The fraction of sp³-hybridized carbons (Fsp3) is 0.867. The van der Waals surface area contributed by atoms with E-state index in [1.807, 2.05) is 27.8 Å². The van der Waals surface area contributed by atoms with E-state index in [4.69, 9.17) is 9.47 Å². The number of rotatable bonds is 5. The summed E-state index contributed by atoms with van der Waals surface area (Å²) in [4.78, 5) is 27.2. The molecule has 1 amide bonds. The maximum Gasteiger partial charge on any atom is 0.410 e. The summed E-state index contributed by atoms with van der Waals surface area (Å²) in [6.07, 6.45) is 1.02. The monoisotopic (exact) mass is 300 g/mol. The van der Waals surface area contributed by atoms with Crippen LogP contribution in [0.5, 0.6) is 0 Å². The van der Waals surface area contributed by atoms with Gasteiger partial charge in [-0.3, -0.25) is 4.79 Å². The Hall–Kier alpha value is -1.30. The van der Waals surface area contributed by atoms with Crippen LogP contribution in [0.2, 0.25) is 0 Å². The number of amides is 1. The first-order valence-electron chi connectivity index (χ1n) is 7.56. The maximum atomic E-state index is 12.0. The quantitative estimate of drug-likeness (QED) is 0.726. The molecule has 0 aliphatic carbocycles. The van der Waals surface area contributed by atoms with Crippen molar-refractivity contribution < 1.29 is 19.1 Å². The Kier molecular flexibility index (Phi) is 6.45. The van der Waals surface area contributed by atoms with Gasteiger partial charge in [0, 0.05) is 25.7 Å². The number of nitrogens with zero attached hydrogens (tertiary/aromatic N) is 2. The molecule has 1 atom stereocenters. The molecule has 0 saturated carbocycles. The van der Waals surface area contributed by atoms with Crippen LogP contribution in [-0.2, 0) is 14.3 Å². The number of carbonyl (C=O) groups excluding carboxylic acids is 2. The minimum Gasteiger partial charge on any atom is -0.466 e. The molecule has 6 nitrogen and oxygen atoms in total. The summed E-state index contributed by atoms with van der Waals surface area (Å²) in [5, 5.41) is 0. The number of likely N-dealkylation sites (tertiary alicyclic amines) is 1. The van der Waals surface area contributed by atoms with Gasteiger partial charge in [-0.05, 0) is 41.2 Å². The fourth-order valence-corrected chi connectivity index (χ4v) is 2.28. The Morgan fingerprint density at radius 3 is 2.57 bits per heavy atom. The van der Waals surface area contributed by atoms with Crippen LogP contribution in [-0.4, -0.2) is 66.8 Å². The highest BCUT2D eigenvalue weighted by molar-refractivity contribution is 5.69. The Morgan fingerprint density at radius 1 is 1.33 bits per heavy atom. The van der Waals surface area contributed by atoms with Crippen molar-refractivity contribution in [2.45, 2.75) is 52.2 Å². The molecule has 1 aliphatic heterocycles.